The number of rotatable bonds is 4. The van der Waals surface area contributed by atoms with Crippen molar-refractivity contribution in [1.29, 1.82) is 0 Å². The fraction of sp³-hybridized carbons (Fsp3) is 0.556. The number of ether oxygens (including phenoxy) is 1. The Balaban J connectivity index is 1.42. The molecule has 4 nitrogen and oxygen atoms in total. The number of amides is 1. The van der Waals surface area contributed by atoms with Gasteiger partial charge in [0.15, 0.2) is 0 Å². The van der Waals surface area contributed by atoms with E-state index in [9.17, 15) is 4.79 Å². The van der Waals surface area contributed by atoms with Crippen LogP contribution in [0.4, 0.5) is 0 Å². The number of carbonyl (C=O) groups excluding carboxylic acids is 1. The largest absolute Gasteiger partial charge is 0.474 e. The van der Waals surface area contributed by atoms with E-state index >= 15 is 0 Å². The van der Waals surface area contributed by atoms with E-state index in [1.165, 1.54) is 0 Å². The summed E-state index contributed by atoms with van der Waals surface area (Å²) in [5.74, 6) is 1.11. The second-order valence-electron chi connectivity index (χ2n) is 6.25. The second-order valence-corrected chi connectivity index (χ2v) is 6.25. The Kier molecular flexibility index (Phi) is 5.09. The van der Waals surface area contributed by atoms with Crippen molar-refractivity contribution in [3.63, 3.8) is 0 Å². The molecule has 0 radical (unpaired) electrons. The van der Waals surface area contributed by atoms with Crippen molar-refractivity contribution in [2.24, 2.45) is 5.92 Å². The van der Waals surface area contributed by atoms with Gasteiger partial charge in [-0.15, -0.1) is 0 Å². The number of pyridine rings is 1. The van der Waals surface area contributed by atoms with Crippen LogP contribution in [-0.4, -0.2) is 23.0 Å². The summed E-state index contributed by atoms with van der Waals surface area (Å²) in [6.07, 6.45) is 13.1. The summed E-state index contributed by atoms with van der Waals surface area (Å²) >= 11 is 0. The van der Waals surface area contributed by atoms with E-state index in [0.29, 0.717) is 11.9 Å². The van der Waals surface area contributed by atoms with Crippen LogP contribution in [0.5, 0.6) is 5.88 Å². The highest BCUT2D eigenvalue weighted by Crippen LogP contribution is 2.24. The van der Waals surface area contributed by atoms with Crippen molar-refractivity contribution in [3.8, 4) is 5.88 Å². The van der Waals surface area contributed by atoms with Crippen molar-refractivity contribution in [3.05, 3.63) is 36.5 Å². The first-order chi connectivity index (χ1) is 10.8. The lowest BCUT2D eigenvalue weighted by molar-refractivity contribution is -0.126. The zero-order valence-electron chi connectivity index (χ0n) is 12.9. The molecule has 1 N–H and O–H groups in total. The number of allylic oxidation sites excluding steroid dienone is 2. The predicted octanol–water partition coefficient (Wildman–Crippen LogP) is 3.24. The molecule has 4 heteroatoms. The summed E-state index contributed by atoms with van der Waals surface area (Å²) < 4.78 is 5.89. The molecule has 3 rings (SSSR count). The number of hydrogen-bond acceptors (Lipinski definition) is 3. The van der Waals surface area contributed by atoms with E-state index in [0.717, 1.165) is 44.9 Å². The number of aromatic nitrogens is 1. The molecule has 0 unspecified atom stereocenters. The van der Waals surface area contributed by atoms with Crippen LogP contribution in [0.1, 0.15) is 44.9 Å². The lowest BCUT2D eigenvalue weighted by Gasteiger charge is -2.30. The fourth-order valence-corrected chi connectivity index (χ4v) is 3.26. The fourth-order valence-electron chi connectivity index (χ4n) is 3.26. The van der Waals surface area contributed by atoms with E-state index in [1.54, 1.807) is 6.20 Å². The Labute approximate surface area is 132 Å². The minimum absolute atomic E-state index is 0.174. The van der Waals surface area contributed by atoms with Crippen LogP contribution < -0.4 is 10.1 Å². The molecule has 118 valence electrons. The highest BCUT2D eigenvalue weighted by Gasteiger charge is 2.26. The molecular formula is C18H24N2O2. The van der Waals surface area contributed by atoms with Gasteiger partial charge in [-0.1, -0.05) is 18.2 Å². The number of hydrogen-bond donors (Lipinski definition) is 1. The molecule has 0 spiro atoms. The maximum absolute atomic E-state index is 12.3. The van der Waals surface area contributed by atoms with Gasteiger partial charge < -0.3 is 10.1 Å². The minimum Gasteiger partial charge on any atom is -0.474 e. The van der Waals surface area contributed by atoms with Gasteiger partial charge in [0.1, 0.15) is 6.10 Å². The first-order valence-electron chi connectivity index (χ1n) is 8.34. The van der Waals surface area contributed by atoms with Crippen molar-refractivity contribution in [2.75, 3.05) is 0 Å². The van der Waals surface area contributed by atoms with E-state index in [4.69, 9.17) is 4.74 Å². The maximum Gasteiger partial charge on any atom is 0.223 e. The van der Waals surface area contributed by atoms with Crippen LogP contribution >= 0.6 is 0 Å². The molecule has 1 aromatic rings. The molecule has 0 bridgehead atoms. The highest BCUT2D eigenvalue weighted by molar-refractivity contribution is 5.79. The molecular weight excluding hydrogens is 276 g/mol. The molecule has 1 atom stereocenters. The Hall–Kier alpha value is -1.84. The topological polar surface area (TPSA) is 51.2 Å². The van der Waals surface area contributed by atoms with E-state index in [-0.39, 0.29) is 17.9 Å². The Morgan fingerprint density at radius 2 is 2.00 bits per heavy atom. The summed E-state index contributed by atoms with van der Waals surface area (Å²) in [7, 11) is 0. The molecule has 1 fully saturated rings. The van der Waals surface area contributed by atoms with Gasteiger partial charge >= 0.3 is 0 Å². The molecule has 2 aliphatic carbocycles. The third-order valence-corrected chi connectivity index (χ3v) is 4.59. The number of nitrogens with one attached hydrogen (secondary N) is 1. The first-order valence-corrected chi connectivity index (χ1v) is 8.34. The summed E-state index contributed by atoms with van der Waals surface area (Å²) in [4.78, 5) is 16.5. The summed E-state index contributed by atoms with van der Waals surface area (Å²) in [6.45, 7) is 0. The van der Waals surface area contributed by atoms with Gasteiger partial charge in [-0.3, -0.25) is 4.79 Å². The maximum atomic E-state index is 12.3. The zero-order valence-corrected chi connectivity index (χ0v) is 12.9. The first kappa shape index (κ1) is 15.1. The van der Waals surface area contributed by atoms with Gasteiger partial charge in [0.2, 0.25) is 11.8 Å². The van der Waals surface area contributed by atoms with Crippen molar-refractivity contribution in [1.82, 2.24) is 10.3 Å². The standard InChI is InChI=1S/C18H24N2O2/c21-18(14-6-2-1-3-7-14)20-15-9-11-16(12-10-15)22-17-8-4-5-13-19-17/h1-2,4-5,8,13-16H,3,6-7,9-12H2,(H,20,21)/t14-,15?,16?/m0/s1. The third kappa shape index (κ3) is 4.09. The molecule has 1 aromatic heterocycles. The van der Waals surface area contributed by atoms with Gasteiger partial charge in [0.05, 0.1) is 0 Å². The van der Waals surface area contributed by atoms with Crippen molar-refractivity contribution in [2.45, 2.75) is 57.1 Å². The van der Waals surface area contributed by atoms with Crippen LogP contribution in [0.15, 0.2) is 36.5 Å². The predicted molar refractivity (Wildman–Crippen MR) is 85.5 cm³/mol. The number of carbonyl (C=O) groups is 1. The summed E-state index contributed by atoms with van der Waals surface area (Å²) in [5, 5.41) is 3.23. The molecule has 1 heterocycles. The lowest BCUT2D eigenvalue weighted by Crippen LogP contribution is -2.42. The summed E-state index contributed by atoms with van der Waals surface area (Å²) in [6, 6.07) is 6.03. The van der Waals surface area contributed by atoms with Gasteiger partial charge in [0, 0.05) is 24.2 Å². The van der Waals surface area contributed by atoms with Crippen LogP contribution in [0.3, 0.4) is 0 Å². The van der Waals surface area contributed by atoms with Crippen molar-refractivity contribution >= 4 is 5.91 Å². The molecule has 2 aliphatic rings. The van der Waals surface area contributed by atoms with Crippen LogP contribution in [-0.2, 0) is 4.79 Å². The van der Waals surface area contributed by atoms with Gasteiger partial charge in [0.25, 0.3) is 0 Å². The molecule has 1 amide bonds. The smallest absolute Gasteiger partial charge is 0.223 e. The van der Waals surface area contributed by atoms with Gasteiger partial charge in [-0.25, -0.2) is 4.98 Å². The molecule has 1 saturated carbocycles. The average molecular weight is 300 g/mol. The Morgan fingerprint density at radius 3 is 2.68 bits per heavy atom. The van der Waals surface area contributed by atoms with Crippen LogP contribution in [0, 0.1) is 5.92 Å². The van der Waals surface area contributed by atoms with Crippen LogP contribution in [0.2, 0.25) is 0 Å². The van der Waals surface area contributed by atoms with Gasteiger partial charge in [-0.2, -0.15) is 0 Å². The third-order valence-electron chi connectivity index (χ3n) is 4.59. The monoisotopic (exact) mass is 300 g/mol. The van der Waals surface area contributed by atoms with Crippen molar-refractivity contribution < 1.29 is 9.53 Å². The van der Waals surface area contributed by atoms with E-state index < -0.39 is 0 Å². The quantitative estimate of drug-likeness (QED) is 0.868. The molecule has 0 aliphatic heterocycles. The van der Waals surface area contributed by atoms with Gasteiger partial charge in [-0.05, 0) is 51.0 Å². The highest BCUT2D eigenvalue weighted by atomic mass is 16.5. The van der Waals surface area contributed by atoms with Crippen LogP contribution in [0.25, 0.3) is 0 Å². The lowest BCUT2D eigenvalue weighted by atomic mass is 9.90. The molecule has 0 aromatic carbocycles. The Bertz CT molecular complexity index is 507. The van der Waals surface area contributed by atoms with E-state index in [2.05, 4.69) is 22.5 Å². The molecule has 0 saturated heterocycles. The zero-order chi connectivity index (χ0) is 15.2. The number of nitrogens with zero attached hydrogens (tertiary/aromatic N) is 1. The average Bonchev–Trinajstić information content (AvgIpc) is 2.58. The molecule has 22 heavy (non-hydrogen) atoms. The second kappa shape index (κ2) is 7.43. The minimum atomic E-state index is 0.174. The normalized spacial score (nSPS) is 28.1. The summed E-state index contributed by atoms with van der Waals surface area (Å²) in [5.41, 5.74) is 0. The Morgan fingerprint density at radius 1 is 1.14 bits per heavy atom. The SMILES string of the molecule is O=C(NC1CCC(Oc2ccccn2)CC1)[C@H]1CC=CCC1. The van der Waals surface area contributed by atoms with E-state index in [1.807, 2.05) is 18.2 Å².